The maximum Gasteiger partial charge on any atom is 0.322 e. The van der Waals surface area contributed by atoms with Gasteiger partial charge in [-0.3, -0.25) is 14.4 Å². The molecule has 1 amide bonds. The molecule has 0 aliphatic carbocycles. The van der Waals surface area contributed by atoms with E-state index < -0.39 is 24.3 Å². The minimum Gasteiger partial charge on any atom is -0.496 e. The molecular formula is C24H27NO9. The lowest BCUT2D eigenvalue weighted by Crippen LogP contribution is -2.16. The average molecular weight is 473 g/mol. The smallest absolute Gasteiger partial charge is 0.322 e. The molecule has 0 fully saturated rings. The molecule has 0 aliphatic rings. The van der Waals surface area contributed by atoms with Crippen molar-refractivity contribution >= 4 is 29.6 Å². The first-order chi connectivity index (χ1) is 16.3. The number of ether oxygens (including phenoxy) is 6. The number of carbonyl (C=O) groups is 3. The Kier molecular flexibility index (Phi) is 9.75. The van der Waals surface area contributed by atoms with Crippen LogP contribution in [0.1, 0.15) is 18.9 Å². The summed E-state index contributed by atoms with van der Waals surface area (Å²) in [6.45, 7) is 1.78. The number of benzene rings is 2. The van der Waals surface area contributed by atoms with E-state index in [1.165, 1.54) is 52.7 Å². The predicted octanol–water partition coefficient (Wildman–Crippen LogP) is 3.23. The van der Waals surface area contributed by atoms with E-state index in [1.54, 1.807) is 25.1 Å². The molecule has 0 saturated heterocycles. The summed E-state index contributed by atoms with van der Waals surface area (Å²) in [5, 5.41) is 2.67. The van der Waals surface area contributed by atoms with Gasteiger partial charge in [0.1, 0.15) is 23.7 Å². The predicted molar refractivity (Wildman–Crippen MR) is 124 cm³/mol. The molecule has 0 saturated carbocycles. The van der Waals surface area contributed by atoms with Gasteiger partial charge in [-0.2, -0.15) is 0 Å². The molecule has 182 valence electrons. The maximum absolute atomic E-state index is 12.5. The molecule has 0 radical (unpaired) electrons. The zero-order chi connectivity index (χ0) is 25.1. The number of amides is 1. The zero-order valence-corrected chi connectivity index (χ0v) is 19.6. The minimum atomic E-state index is -0.821. The molecule has 1 N–H and O–H groups in total. The summed E-state index contributed by atoms with van der Waals surface area (Å²) in [5.41, 5.74) is 0.882. The topological polar surface area (TPSA) is 119 Å². The molecule has 0 bridgehead atoms. The van der Waals surface area contributed by atoms with Crippen molar-refractivity contribution < 1.29 is 42.8 Å². The minimum absolute atomic E-state index is 0.0390. The quantitative estimate of drug-likeness (QED) is 0.227. The Morgan fingerprint density at radius 1 is 0.824 bits per heavy atom. The van der Waals surface area contributed by atoms with Crippen LogP contribution in [0.3, 0.4) is 0 Å². The molecule has 10 nitrogen and oxygen atoms in total. The molecular weight excluding hydrogens is 446 g/mol. The number of rotatable bonds is 11. The van der Waals surface area contributed by atoms with Crippen molar-refractivity contribution in [2.45, 2.75) is 13.3 Å². The van der Waals surface area contributed by atoms with E-state index in [0.29, 0.717) is 28.5 Å². The van der Waals surface area contributed by atoms with E-state index in [9.17, 15) is 14.4 Å². The highest BCUT2D eigenvalue weighted by Crippen LogP contribution is 2.35. The third-order valence-electron chi connectivity index (χ3n) is 4.40. The molecule has 0 aliphatic heterocycles. The summed E-state index contributed by atoms with van der Waals surface area (Å²) < 4.78 is 31.1. The normalized spacial score (nSPS) is 10.4. The van der Waals surface area contributed by atoms with Crippen molar-refractivity contribution in [2.75, 3.05) is 40.4 Å². The summed E-state index contributed by atoms with van der Waals surface area (Å²) in [6, 6.07) is 7.83. The van der Waals surface area contributed by atoms with Crippen LogP contribution in [0.4, 0.5) is 5.69 Å². The Balaban J connectivity index is 2.17. The molecule has 0 heterocycles. The van der Waals surface area contributed by atoms with Gasteiger partial charge >= 0.3 is 11.9 Å². The third-order valence-corrected chi connectivity index (χ3v) is 4.40. The highest BCUT2D eigenvalue weighted by Gasteiger charge is 2.16. The fourth-order valence-electron chi connectivity index (χ4n) is 2.86. The Morgan fingerprint density at radius 2 is 1.47 bits per heavy atom. The van der Waals surface area contributed by atoms with Gasteiger partial charge in [-0.05, 0) is 25.1 Å². The molecule has 34 heavy (non-hydrogen) atoms. The van der Waals surface area contributed by atoms with Crippen LogP contribution >= 0.6 is 0 Å². The van der Waals surface area contributed by atoms with E-state index in [4.69, 9.17) is 28.4 Å². The highest BCUT2D eigenvalue weighted by molar-refractivity contribution is 6.02. The van der Waals surface area contributed by atoms with Crippen LogP contribution in [0.5, 0.6) is 28.7 Å². The van der Waals surface area contributed by atoms with Gasteiger partial charge in [-0.1, -0.05) is 0 Å². The van der Waals surface area contributed by atoms with Gasteiger partial charge in [0.05, 0.1) is 40.6 Å². The number of nitrogens with one attached hydrogen (secondary N) is 1. The van der Waals surface area contributed by atoms with Crippen molar-refractivity contribution in [3.8, 4) is 28.7 Å². The fourth-order valence-corrected chi connectivity index (χ4v) is 2.86. The lowest BCUT2D eigenvalue weighted by atomic mass is 10.1. The Bertz CT molecular complexity index is 1040. The van der Waals surface area contributed by atoms with Crippen LogP contribution in [0.2, 0.25) is 0 Å². The van der Waals surface area contributed by atoms with E-state index in [2.05, 4.69) is 5.32 Å². The number of esters is 2. The molecule has 2 aromatic rings. The van der Waals surface area contributed by atoms with Crippen LogP contribution in [0, 0.1) is 0 Å². The van der Waals surface area contributed by atoms with Gasteiger partial charge in [0.25, 0.3) is 0 Å². The molecule has 2 aromatic carbocycles. The van der Waals surface area contributed by atoms with Crippen molar-refractivity contribution in [1.29, 1.82) is 0 Å². The highest BCUT2D eigenvalue weighted by atomic mass is 16.6. The van der Waals surface area contributed by atoms with E-state index in [-0.39, 0.29) is 18.1 Å². The second kappa shape index (κ2) is 12.7. The van der Waals surface area contributed by atoms with Crippen molar-refractivity contribution in [3.05, 3.63) is 42.0 Å². The van der Waals surface area contributed by atoms with Crippen molar-refractivity contribution in [3.63, 3.8) is 0 Å². The summed E-state index contributed by atoms with van der Waals surface area (Å²) >= 11 is 0. The first-order valence-corrected chi connectivity index (χ1v) is 10.2. The van der Waals surface area contributed by atoms with Crippen LogP contribution in [0.25, 0.3) is 6.08 Å². The average Bonchev–Trinajstić information content (AvgIpc) is 2.82. The Labute approximate surface area is 197 Å². The van der Waals surface area contributed by atoms with Gasteiger partial charge in [-0.15, -0.1) is 0 Å². The third kappa shape index (κ3) is 7.16. The van der Waals surface area contributed by atoms with Crippen LogP contribution in [-0.4, -0.2) is 52.9 Å². The summed E-state index contributed by atoms with van der Waals surface area (Å²) in [4.78, 5) is 36.0. The number of anilines is 1. The molecule has 0 atom stereocenters. The summed E-state index contributed by atoms with van der Waals surface area (Å²) in [5.74, 6) is -0.242. The fraction of sp³-hybridized carbons (Fsp3) is 0.292. The van der Waals surface area contributed by atoms with Gasteiger partial charge in [0, 0.05) is 30.0 Å². The lowest BCUT2D eigenvalue weighted by Gasteiger charge is -2.13. The zero-order valence-electron chi connectivity index (χ0n) is 19.6. The van der Waals surface area contributed by atoms with E-state index in [1.807, 2.05) is 0 Å². The Hall–Kier alpha value is -4.21. The molecule has 0 aromatic heterocycles. The van der Waals surface area contributed by atoms with E-state index >= 15 is 0 Å². The van der Waals surface area contributed by atoms with Gasteiger partial charge < -0.3 is 33.7 Å². The number of hydrogen-bond acceptors (Lipinski definition) is 9. The largest absolute Gasteiger partial charge is 0.496 e. The van der Waals surface area contributed by atoms with Crippen LogP contribution in [0.15, 0.2) is 36.4 Å². The maximum atomic E-state index is 12.5. The molecule has 10 heteroatoms. The number of methoxy groups -OCH3 is 4. The monoisotopic (exact) mass is 473 g/mol. The first kappa shape index (κ1) is 26.0. The summed E-state index contributed by atoms with van der Waals surface area (Å²) in [6.07, 6.45) is 2.28. The summed E-state index contributed by atoms with van der Waals surface area (Å²) in [7, 11) is 5.91. The Morgan fingerprint density at radius 3 is 2.03 bits per heavy atom. The van der Waals surface area contributed by atoms with Gasteiger partial charge in [0.15, 0.2) is 11.5 Å². The van der Waals surface area contributed by atoms with Crippen LogP contribution < -0.4 is 29.0 Å². The van der Waals surface area contributed by atoms with Crippen molar-refractivity contribution in [2.24, 2.45) is 0 Å². The lowest BCUT2D eigenvalue weighted by molar-refractivity contribution is -0.149. The van der Waals surface area contributed by atoms with Gasteiger partial charge in [0.2, 0.25) is 5.91 Å². The van der Waals surface area contributed by atoms with Gasteiger partial charge in [-0.25, -0.2) is 0 Å². The van der Waals surface area contributed by atoms with Crippen LogP contribution in [-0.2, 0) is 19.1 Å². The van der Waals surface area contributed by atoms with Crippen molar-refractivity contribution in [1.82, 2.24) is 0 Å². The second-order valence-corrected chi connectivity index (χ2v) is 6.59. The van der Waals surface area contributed by atoms with E-state index in [0.717, 1.165) is 0 Å². The standard InChI is InChI=1S/C24H27NO9/c1-6-33-23(27)14-24(28)34-21-11-15(7-9-18(21)30-3)25-22(26)10-8-17-19(31-4)12-16(29-2)13-20(17)32-5/h7-13H,6,14H2,1-5H3,(H,25,26)/b10-8+. The first-order valence-electron chi connectivity index (χ1n) is 10.2. The second-order valence-electron chi connectivity index (χ2n) is 6.59. The number of hydrogen-bond donors (Lipinski definition) is 1. The molecule has 2 rings (SSSR count). The molecule has 0 unspecified atom stereocenters. The SMILES string of the molecule is CCOC(=O)CC(=O)Oc1cc(NC(=O)/C=C/c2c(OC)cc(OC)cc2OC)ccc1OC. The molecule has 0 spiro atoms. The number of carbonyl (C=O) groups excluding carboxylic acids is 3.